The molecule has 1 fully saturated rings. The number of carbonyl (C=O) groups is 1. The smallest absolute Gasteiger partial charge is 0.239 e. The molecule has 1 aromatic heterocycles. The van der Waals surface area contributed by atoms with Crippen LogP contribution >= 0.6 is 11.6 Å². The molecule has 19 heavy (non-hydrogen) atoms. The van der Waals surface area contributed by atoms with Crippen LogP contribution in [0, 0.1) is 0 Å². The molecule has 2 rings (SSSR count). The molecule has 1 heterocycles. The first-order valence-corrected chi connectivity index (χ1v) is 6.87. The molecule has 1 aliphatic carbocycles. The lowest BCUT2D eigenvalue weighted by Crippen LogP contribution is -2.37. The van der Waals surface area contributed by atoms with Gasteiger partial charge >= 0.3 is 0 Å². The van der Waals surface area contributed by atoms with Crippen LogP contribution in [0.4, 0.5) is 5.82 Å². The first kappa shape index (κ1) is 14.1. The molecule has 1 N–H and O–H groups in total. The minimum absolute atomic E-state index is 0.0226. The van der Waals surface area contributed by atoms with Gasteiger partial charge in [-0.15, -0.1) is 0 Å². The number of carbonyl (C=O) groups excluding carboxylic acids is 1. The molecule has 104 valence electrons. The maximum absolute atomic E-state index is 11.8. The van der Waals surface area contributed by atoms with Gasteiger partial charge in [0.15, 0.2) is 0 Å². The van der Waals surface area contributed by atoms with Crippen LogP contribution in [0.2, 0.25) is 5.15 Å². The summed E-state index contributed by atoms with van der Waals surface area (Å²) in [5, 5.41) is 3.41. The zero-order valence-corrected chi connectivity index (χ0v) is 12.2. The van der Waals surface area contributed by atoms with Crippen molar-refractivity contribution in [3.8, 4) is 0 Å². The Labute approximate surface area is 118 Å². The number of nitrogens with zero attached hydrogens (tertiary/aromatic N) is 3. The molecule has 1 saturated carbocycles. The summed E-state index contributed by atoms with van der Waals surface area (Å²) in [6.07, 6.45) is 3.61. The molecule has 0 unspecified atom stereocenters. The van der Waals surface area contributed by atoms with E-state index in [2.05, 4.69) is 15.3 Å². The van der Waals surface area contributed by atoms with Crippen molar-refractivity contribution < 1.29 is 4.79 Å². The number of hydrogen-bond donors (Lipinski definition) is 1. The summed E-state index contributed by atoms with van der Waals surface area (Å²) in [7, 11) is 1.84. The Morgan fingerprint density at radius 2 is 2.21 bits per heavy atom. The highest BCUT2D eigenvalue weighted by molar-refractivity contribution is 6.30. The van der Waals surface area contributed by atoms with E-state index in [4.69, 9.17) is 11.6 Å². The highest BCUT2D eigenvalue weighted by Crippen LogP contribution is 2.29. The van der Waals surface area contributed by atoms with Crippen LogP contribution in [-0.4, -0.2) is 35.5 Å². The lowest BCUT2D eigenvalue weighted by molar-refractivity contribution is -0.119. The first-order chi connectivity index (χ1) is 8.99. The fraction of sp³-hybridized carbons (Fsp3) is 0.615. The van der Waals surface area contributed by atoms with E-state index in [-0.39, 0.29) is 18.4 Å². The van der Waals surface area contributed by atoms with Crippen molar-refractivity contribution in [2.24, 2.45) is 0 Å². The van der Waals surface area contributed by atoms with Gasteiger partial charge in [0.1, 0.15) is 17.3 Å². The van der Waals surface area contributed by atoms with Crippen molar-refractivity contribution in [2.45, 2.75) is 38.6 Å². The Morgan fingerprint density at radius 3 is 2.79 bits per heavy atom. The van der Waals surface area contributed by atoms with E-state index >= 15 is 0 Å². The van der Waals surface area contributed by atoms with Gasteiger partial charge in [0.25, 0.3) is 0 Å². The molecule has 5 nitrogen and oxygen atoms in total. The predicted octanol–water partition coefficient (Wildman–Crippen LogP) is 1.97. The van der Waals surface area contributed by atoms with E-state index in [0.717, 1.165) is 24.2 Å². The van der Waals surface area contributed by atoms with Gasteiger partial charge in [-0.05, 0) is 18.8 Å². The Hall–Kier alpha value is -1.36. The van der Waals surface area contributed by atoms with Crippen molar-refractivity contribution in [3.05, 3.63) is 17.0 Å². The second-order valence-corrected chi connectivity index (χ2v) is 5.61. The number of anilines is 1. The number of aromatic nitrogens is 2. The van der Waals surface area contributed by atoms with Crippen LogP contribution in [0.5, 0.6) is 0 Å². The van der Waals surface area contributed by atoms with E-state index in [0.29, 0.717) is 11.2 Å². The van der Waals surface area contributed by atoms with E-state index in [1.54, 1.807) is 0 Å². The number of rotatable bonds is 5. The minimum atomic E-state index is 0.0226. The number of halogens is 1. The molecule has 0 atom stereocenters. The van der Waals surface area contributed by atoms with Crippen LogP contribution in [0.25, 0.3) is 0 Å². The lowest BCUT2D eigenvalue weighted by atomic mass is 10.1. The van der Waals surface area contributed by atoms with Crippen LogP contribution in [0.1, 0.15) is 38.2 Å². The topological polar surface area (TPSA) is 58.1 Å². The summed E-state index contributed by atoms with van der Waals surface area (Å²) in [6.45, 7) is 4.35. The van der Waals surface area contributed by atoms with Gasteiger partial charge in [-0.2, -0.15) is 0 Å². The molecule has 0 bridgehead atoms. The zero-order valence-electron chi connectivity index (χ0n) is 11.5. The molecule has 0 spiro atoms. The number of likely N-dealkylation sites (N-methyl/N-ethyl adjacent to an activating group) is 1. The molecule has 6 heteroatoms. The van der Waals surface area contributed by atoms with E-state index in [9.17, 15) is 4.79 Å². The molecule has 1 aliphatic rings. The summed E-state index contributed by atoms with van der Waals surface area (Å²) >= 11 is 6.12. The third kappa shape index (κ3) is 3.56. The summed E-state index contributed by atoms with van der Waals surface area (Å²) < 4.78 is 0. The molecular formula is C13H19ClN4O. The maximum Gasteiger partial charge on any atom is 0.239 e. The van der Waals surface area contributed by atoms with Crippen LogP contribution in [-0.2, 0) is 4.79 Å². The van der Waals surface area contributed by atoms with E-state index in [1.165, 1.54) is 6.33 Å². The van der Waals surface area contributed by atoms with Crippen molar-refractivity contribution in [1.29, 1.82) is 0 Å². The summed E-state index contributed by atoms with van der Waals surface area (Å²) in [6, 6.07) is 0.374. The van der Waals surface area contributed by atoms with Crippen molar-refractivity contribution >= 4 is 23.3 Å². The average molecular weight is 283 g/mol. The SMILES string of the molecule is CC(C)c1c(Cl)ncnc1N(C)CC(=O)NC1CC1. The lowest BCUT2D eigenvalue weighted by Gasteiger charge is -2.22. The third-order valence-electron chi connectivity index (χ3n) is 3.08. The fourth-order valence-corrected chi connectivity index (χ4v) is 2.30. The van der Waals surface area contributed by atoms with Crippen LogP contribution < -0.4 is 10.2 Å². The second-order valence-electron chi connectivity index (χ2n) is 5.25. The second kappa shape index (κ2) is 5.74. The Bertz CT molecular complexity index is 474. The predicted molar refractivity (Wildman–Crippen MR) is 75.6 cm³/mol. The number of hydrogen-bond acceptors (Lipinski definition) is 4. The Kier molecular flexibility index (Phi) is 4.24. The molecule has 0 aromatic carbocycles. The summed E-state index contributed by atoms with van der Waals surface area (Å²) in [5.41, 5.74) is 0.880. The monoisotopic (exact) mass is 282 g/mol. The molecule has 1 aromatic rings. The quantitative estimate of drug-likeness (QED) is 0.839. The molecule has 1 amide bonds. The minimum Gasteiger partial charge on any atom is -0.352 e. The Balaban J connectivity index is 2.11. The molecule has 0 radical (unpaired) electrons. The van der Waals surface area contributed by atoms with Gasteiger partial charge in [0.2, 0.25) is 5.91 Å². The van der Waals surface area contributed by atoms with Crippen molar-refractivity contribution in [3.63, 3.8) is 0 Å². The van der Waals surface area contributed by atoms with Gasteiger partial charge in [-0.1, -0.05) is 25.4 Å². The largest absolute Gasteiger partial charge is 0.352 e. The van der Waals surface area contributed by atoms with Gasteiger partial charge in [-0.25, -0.2) is 9.97 Å². The molecule has 0 saturated heterocycles. The zero-order chi connectivity index (χ0) is 14.0. The fourth-order valence-electron chi connectivity index (χ4n) is 1.96. The average Bonchev–Trinajstić information content (AvgIpc) is 3.11. The molecule has 0 aliphatic heterocycles. The molecular weight excluding hydrogens is 264 g/mol. The van der Waals surface area contributed by atoms with Crippen molar-refractivity contribution in [1.82, 2.24) is 15.3 Å². The number of nitrogens with one attached hydrogen (secondary N) is 1. The van der Waals surface area contributed by atoms with Crippen LogP contribution in [0.3, 0.4) is 0 Å². The van der Waals surface area contributed by atoms with Crippen LogP contribution in [0.15, 0.2) is 6.33 Å². The van der Waals surface area contributed by atoms with Gasteiger partial charge in [0, 0.05) is 18.7 Å². The maximum atomic E-state index is 11.8. The standard InChI is InChI=1S/C13H19ClN4O/c1-8(2)11-12(14)15-7-16-13(11)18(3)6-10(19)17-9-4-5-9/h7-9H,4-6H2,1-3H3,(H,17,19). The highest BCUT2D eigenvalue weighted by Gasteiger charge is 2.24. The Morgan fingerprint density at radius 1 is 1.53 bits per heavy atom. The van der Waals surface area contributed by atoms with Crippen molar-refractivity contribution in [2.75, 3.05) is 18.5 Å². The third-order valence-corrected chi connectivity index (χ3v) is 3.38. The summed E-state index contributed by atoms with van der Waals surface area (Å²) in [4.78, 5) is 21.9. The van der Waals surface area contributed by atoms with E-state index < -0.39 is 0 Å². The van der Waals surface area contributed by atoms with Gasteiger partial charge in [0.05, 0.1) is 6.54 Å². The normalized spacial score (nSPS) is 14.6. The van der Waals surface area contributed by atoms with E-state index in [1.807, 2.05) is 25.8 Å². The highest BCUT2D eigenvalue weighted by atomic mass is 35.5. The summed E-state index contributed by atoms with van der Waals surface area (Å²) in [5.74, 6) is 0.952. The van der Waals surface area contributed by atoms with Gasteiger partial charge < -0.3 is 10.2 Å². The van der Waals surface area contributed by atoms with Gasteiger partial charge in [-0.3, -0.25) is 4.79 Å². The first-order valence-electron chi connectivity index (χ1n) is 6.50. The number of amides is 1.